The predicted octanol–water partition coefficient (Wildman–Crippen LogP) is 1.22. The van der Waals surface area contributed by atoms with Gasteiger partial charge in [-0.15, -0.1) is 0 Å². The van der Waals surface area contributed by atoms with Gasteiger partial charge in [0.25, 0.3) is 5.56 Å². The number of primary amides is 1. The Hall–Kier alpha value is -1.79. The van der Waals surface area contributed by atoms with Crippen molar-refractivity contribution in [1.29, 1.82) is 0 Å². The molecule has 1 atom stereocenters. The van der Waals surface area contributed by atoms with E-state index in [0.717, 1.165) is 10.6 Å². The molecular formula is C10H11F3N2O2. The lowest BCUT2D eigenvalue weighted by molar-refractivity contribution is -0.137. The average molecular weight is 248 g/mol. The number of pyridine rings is 1. The largest absolute Gasteiger partial charge is 0.416 e. The predicted molar refractivity (Wildman–Crippen MR) is 54.3 cm³/mol. The quantitative estimate of drug-likeness (QED) is 0.855. The van der Waals surface area contributed by atoms with Gasteiger partial charge in [-0.25, -0.2) is 0 Å². The minimum Gasteiger partial charge on any atom is -0.368 e. The highest BCUT2D eigenvalue weighted by molar-refractivity contribution is 5.78. The van der Waals surface area contributed by atoms with E-state index < -0.39 is 29.2 Å². The first-order valence-electron chi connectivity index (χ1n) is 4.74. The van der Waals surface area contributed by atoms with Gasteiger partial charge < -0.3 is 10.3 Å². The Bertz CT molecular complexity index is 505. The molecule has 0 saturated carbocycles. The molecule has 94 valence electrons. The number of halogens is 3. The van der Waals surface area contributed by atoms with Crippen molar-refractivity contribution in [3.8, 4) is 0 Å². The molecule has 4 nitrogen and oxygen atoms in total. The molecule has 0 bridgehead atoms. The van der Waals surface area contributed by atoms with Crippen molar-refractivity contribution < 1.29 is 18.0 Å². The second kappa shape index (κ2) is 4.23. The van der Waals surface area contributed by atoms with Crippen LogP contribution in [0.15, 0.2) is 16.9 Å². The van der Waals surface area contributed by atoms with Gasteiger partial charge in [0, 0.05) is 11.8 Å². The summed E-state index contributed by atoms with van der Waals surface area (Å²) >= 11 is 0. The maximum atomic E-state index is 12.4. The fourth-order valence-electron chi connectivity index (χ4n) is 1.50. The van der Waals surface area contributed by atoms with Crippen LogP contribution in [0.4, 0.5) is 13.2 Å². The Kier molecular flexibility index (Phi) is 3.30. The van der Waals surface area contributed by atoms with Gasteiger partial charge in [0.05, 0.1) is 5.56 Å². The van der Waals surface area contributed by atoms with Crippen molar-refractivity contribution in [2.24, 2.45) is 5.73 Å². The SMILES string of the molecule is Cc1cc(C(F)(F)F)cc(=O)n1C(C)C(N)=O. The molecule has 1 unspecified atom stereocenters. The summed E-state index contributed by atoms with van der Waals surface area (Å²) in [6, 6.07) is 0.276. The molecule has 7 heteroatoms. The number of rotatable bonds is 2. The summed E-state index contributed by atoms with van der Waals surface area (Å²) in [6.07, 6.45) is -4.58. The average Bonchev–Trinajstić information content (AvgIpc) is 2.14. The van der Waals surface area contributed by atoms with Crippen LogP contribution in [0.5, 0.6) is 0 Å². The number of nitrogens with zero attached hydrogens (tertiary/aromatic N) is 1. The molecule has 0 saturated heterocycles. The second-order valence-corrected chi connectivity index (χ2v) is 3.67. The van der Waals surface area contributed by atoms with E-state index in [-0.39, 0.29) is 5.69 Å². The summed E-state index contributed by atoms with van der Waals surface area (Å²) in [6.45, 7) is 2.67. The lowest BCUT2D eigenvalue weighted by Crippen LogP contribution is -2.34. The molecule has 0 aliphatic carbocycles. The molecule has 1 rings (SSSR count). The monoisotopic (exact) mass is 248 g/mol. The fraction of sp³-hybridized carbons (Fsp3) is 0.400. The van der Waals surface area contributed by atoms with Crippen molar-refractivity contribution in [1.82, 2.24) is 4.57 Å². The van der Waals surface area contributed by atoms with E-state index in [0.29, 0.717) is 6.07 Å². The molecule has 0 fully saturated rings. The number of carbonyl (C=O) groups is 1. The van der Waals surface area contributed by atoms with Gasteiger partial charge in [-0.05, 0) is 19.9 Å². The lowest BCUT2D eigenvalue weighted by atomic mass is 10.2. The van der Waals surface area contributed by atoms with E-state index >= 15 is 0 Å². The van der Waals surface area contributed by atoms with Crippen LogP contribution >= 0.6 is 0 Å². The highest BCUT2D eigenvalue weighted by Crippen LogP contribution is 2.28. The molecule has 1 aromatic heterocycles. The molecule has 2 N–H and O–H groups in total. The van der Waals surface area contributed by atoms with Crippen molar-refractivity contribution in [3.05, 3.63) is 33.7 Å². The van der Waals surface area contributed by atoms with Gasteiger partial charge in [-0.1, -0.05) is 0 Å². The number of hydrogen-bond donors (Lipinski definition) is 1. The number of aromatic nitrogens is 1. The molecule has 0 radical (unpaired) electrons. The van der Waals surface area contributed by atoms with Crippen LogP contribution in [0.2, 0.25) is 0 Å². The fourth-order valence-corrected chi connectivity index (χ4v) is 1.50. The van der Waals surface area contributed by atoms with Crippen LogP contribution < -0.4 is 11.3 Å². The first-order chi connectivity index (χ1) is 7.64. The number of nitrogens with two attached hydrogens (primary N) is 1. The first kappa shape index (κ1) is 13.3. The van der Waals surface area contributed by atoms with Gasteiger partial charge in [-0.2, -0.15) is 13.2 Å². The molecule has 1 aromatic rings. The summed E-state index contributed by atoms with van der Waals surface area (Å²) in [5.41, 5.74) is 3.11. The van der Waals surface area contributed by atoms with Crippen molar-refractivity contribution in [2.75, 3.05) is 0 Å². The Morgan fingerprint density at radius 2 is 1.94 bits per heavy atom. The zero-order chi connectivity index (χ0) is 13.4. The van der Waals surface area contributed by atoms with Crippen LogP contribution in [-0.2, 0) is 11.0 Å². The molecule has 17 heavy (non-hydrogen) atoms. The summed E-state index contributed by atoms with van der Waals surface area (Å²) < 4.78 is 38.1. The highest BCUT2D eigenvalue weighted by Gasteiger charge is 2.32. The van der Waals surface area contributed by atoms with Crippen molar-refractivity contribution in [3.63, 3.8) is 0 Å². The van der Waals surface area contributed by atoms with Crippen LogP contribution in [0, 0.1) is 6.92 Å². The Morgan fingerprint density at radius 1 is 1.41 bits per heavy atom. The van der Waals surface area contributed by atoms with Crippen LogP contribution in [0.3, 0.4) is 0 Å². The van der Waals surface area contributed by atoms with Gasteiger partial charge in [0.1, 0.15) is 6.04 Å². The summed E-state index contributed by atoms with van der Waals surface area (Å²) in [5.74, 6) is -0.782. The summed E-state index contributed by atoms with van der Waals surface area (Å²) in [7, 11) is 0. The van der Waals surface area contributed by atoms with E-state index in [9.17, 15) is 22.8 Å². The van der Waals surface area contributed by atoms with Crippen molar-refractivity contribution in [2.45, 2.75) is 26.1 Å². The van der Waals surface area contributed by atoms with Crippen LogP contribution in [0.25, 0.3) is 0 Å². The molecule has 1 heterocycles. The summed E-state index contributed by atoms with van der Waals surface area (Å²) in [4.78, 5) is 22.4. The molecule has 0 aromatic carbocycles. The first-order valence-corrected chi connectivity index (χ1v) is 4.74. The molecular weight excluding hydrogens is 237 g/mol. The maximum Gasteiger partial charge on any atom is 0.416 e. The lowest BCUT2D eigenvalue weighted by Gasteiger charge is -2.16. The van der Waals surface area contributed by atoms with Gasteiger partial charge in [0.2, 0.25) is 5.91 Å². The minimum absolute atomic E-state index is 0.0381. The van der Waals surface area contributed by atoms with Gasteiger partial charge in [0.15, 0.2) is 0 Å². The Morgan fingerprint density at radius 3 is 2.29 bits per heavy atom. The zero-order valence-electron chi connectivity index (χ0n) is 9.21. The zero-order valence-corrected chi connectivity index (χ0v) is 9.21. The Balaban J connectivity index is 3.40. The third-order valence-corrected chi connectivity index (χ3v) is 2.39. The molecule has 0 spiro atoms. The van der Waals surface area contributed by atoms with Crippen molar-refractivity contribution >= 4 is 5.91 Å². The minimum atomic E-state index is -4.58. The van der Waals surface area contributed by atoms with E-state index in [4.69, 9.17) is 5.73 Å². The van der Waals surface area contributed by atoms with Gasteiger partial charge >= 0.3 is 6.18 Å². The van der Waals surface area contributed by atoms with E-state index in [1.54, 1.807) is 0 Å². The van der Waals surface area contributed by atoms with E-state index in [1.165, 1.54) is 13.8 Å². The normalized spacial score (nSPS) is 13.5. The number of hydrogen-bond acceptors (Lipinski definition) is 2. The van der Waals surface area contributed by atoms with Crippen LogP contribution in [-0.4, -0.2) is 10.5 Å². The molecule has 0 aliphatic rings. The maximum absolute atomic E-state index is 12.4. The third kappa shape index (κ3) is 2.66. The van der Waals surface area contributed by atoms with E-state index in [1.807, 2.05) is 0 Å². The molecule has 1 amide bonds. The number of aryl methyl sites for hydroxylation is 1. The van der Waals surface area contributed by atoms with Gasteiger partial charge in [-0.3, -0.25) is 9.59 Å². The number of carbonyl (C=O) groups excluding carboxylic acids is 1. The molecule has 0 aliphatic heterocycles. The Labute approximate surface area is 94.8 Å². The number of alkyl halides is 3. The van der Waals surface area contributed by atoms with E-state index in [2.05, 4.69) is 0 Å². The number of amides is 1. The summed E-state index contributed by atoms with van der Waals surface area (Å²) in [5, 5.41) is 0. The van der Waals surface area contributed by atoms with Crippen LogP contribution in [0.1, 0.15) is 24.2 Å². The highest BCUT2D eigenvalue weighted by atomic mass is 19.4. The second-order valence-electron chi connectivity index (χ2n) is 3.67. The third-order valence-electron chi connectivity index (χ3n) is 2.39. The topological polar surface area (TPSA) is 65.1 Å². The smallest absolute Gasteiger partial charge is 0.368 e. The standard InChI is InChI=1S/C10H11F3N2O2/c1-5-3-7(10(11,12)13)4-8(16)15(5)6(2)9(14)17/h3-4,6H,1-2H3,(H2,14,17).